The topological polar surface area (TPSA) is 0 Å². The van der Waals surface area contributed by atoms with Gasteiger partial charge in [0.05, 0.1) is 5.41 Å². The van der Waals surface area contributed by atoms with Crippen LogP contribution in [0, 0.1) is 19.8 Å². The highest BCUT2D eigenvalue weighted by Crippen LogP contribution is 2.66. The summed E-state index contributed by atoms with van der Waals surface area (Å²) in [4.78, 5) is 7.31. The van der Waals surface area contributed by atoms with Gasteiger partial charge in [-0.2, -0.15) is 0 Å². The molecule has 1 atom stereocenters. The minimum absolute atomic E-state index is 0.101. The molecule has 0 N–H and O–H groups in total. The second kappa shape index (κ2) is 5.79. The van der Waals surface area contributed by atoms with Crippen LogP contribution in [-0.2, 0) is 5.41 Å². The van der Waals surface area contributed by atoms with E-state index in [9.17, 15) is 0 Å². The van der Waals surface area contributed by atoms with Crippen LogP contribution in [0.25, 0.3) is 15.3 Å². The van der Waals surface area contributed by atoms with Gasteiger partial charge in [0.15, 0.2) is 0 Å². The van der Waals surface area contributed by atoms with Gasteiger partial charge in [0.2, 0.25) is 0 Å². The third-order valence-corrected chi connectivity index (χ3v) is 9.52. The first kappa shape index (κ1) is 17.7. The zero-order valence-corrected chi connectivity index (χ0v) is 19.1. The SMILES string of the molecule is CC1=C(/C=C(\C)C(C)C)C2(c3cc(C)sc31)c1ccsc1-c1sc(C)cc12. The molecular formula is C24H24S3. The number of fused-ring (bicyclic) bond motifs is 7. The summed E-state index contributed by atoms with van der Waals surface area (Å²) in [5.41, 5.74) is 8.88. The number of rotatable bonds is 2. The summed E-state index contributed by atoms with van der Waals surface area (Å²) in [7, 11) is 0. The molecule has 1 spiro atoms. The molecule has 3 aromatic rings. The number of hydrogen-bond acceptors (Lipinski definition) is 3. The first-order chi connectivity index (χ1) is 12.9. The first-order valence-corrected chi connectivity index (χ1v) is 12.1. The van der Waals surface area contributed by atoms with Crippen molar-refractivity contribution in [3.63, 3.8) is 0 Å². The Morgan fingerprint density at radius 1 is 0.926 bits per heavy atom. The third kappa shape index (κ3) is 2.14. The molecule has 0 aromatic carbocycles. The average molecular weight is 409 g/mol. The molecule has 0 aliphatic heterocycles. The molecule has 0 saturated carbocycles. The molecule has 27 heavy (non-hydrogen) atoms. The molecular weight excluding hydrogens is 384 g/mol. The minimum Gasteiger partial charge on any atom is -0.143 e. The first-order valence-electron chi connectivity index (χ1n) is 9.55. The second-order valence-corrected chi connectivity index (χ2v) is 11.6. The van der Waals surface area contributed by atoms with Gasteiger partial charge in [-0.3, -0.25) is 0 Å². The number of thiophene rings is 3. The number of hydrogen-bond donors (Lipinski definition) is 0. The van der Waals surface area contributed by atoms with Gasteiger partial charge in [-0.1, -0.05) is 25.5 Å². The molecule has 3 heterocycles. The van der Waals surface area contributed by atoms with Crippen molar-refractivity contribution in [2.45, 2.75) is 47.0 Å². The van der Waals surface area contributed by atoms with Gasteiger partial charge in [0.25, 0.3) is 0 Å². The number of allylic oxidation sites excluding steroid dienone is 4. The van der Waals surface area contributed by atoms with Crippen molar-refractivity contribution in [1.82, 2.24) is 0 Å². The molecule has 0 radical (unpaired) electrons. The van der Waals surface area contributed by atoms with Crippen LogP contribution in [-0.4, -0.2) is 0 Å². The fourth-order valence-electron chi connectivity index (χ4n) is 4.70. The maximum Gasteiger partial charge on any atom is 0.0747 e. The standard InChI is InChI=1S/C24H24S3/c1-12(2)13(3)9-18-16(6)21-19(10-14(4)26-21)24(18)17-7-8-25-22(17)23-20(24)11-15(5)27-23/h7-12H,1-6H3/b13-9+. The van der Waals surface area contributed by atoms with Crippen LogP contribution >= 0.6 is 34.0 Å². The predicted octanol–water partition coefficient (Wildman–Crippen LogP) is 8.19. The Bertz CT molecular complexity index is 1140. The molecule has 138 valence electrons. The third-order valence-electron chi connectivity index (χ3n) is 6.23. The summed E-state index contributed by atoms with van der Waals surface area (Å²) >= 11 is 5.84. The fourth-order valence-corrected chi connectivity index (χ4v) is 7.98. The zero-order valence-electron chi connectivity index (χ0n) is 16.7. The Morgan fingerprint density at radius 2 is 1.56 bits per heavy atom. The summed E-state index contributed by atoms with van der Waals surface area (Å²) in [5.74, 6) is 0.565. The summed E-state index contributed by atoms with van der Waals surface area (Å²) in [6.07, 6.45) is 2.51. The van der Waals surface area contributed by atoms with E-state index in [1.807, 2.05) is 34.0 Å². The molecule has 3 heteroatoms. The summed E-state index contributed by atoms with van der Waals surface area (Å²) in [6, 6.07) is 7.30. The highest BCUT2D eigenvalue weighted by molar-refractivity contribution is 7.22. The van der Waals surface area contributed by atoms with Crippen LogP contribution in [0.4, 0.5) is 0 Å². The van der Waals surface area contributed by atoms with Gasteiger partial charge < -0.3 is 0 Å². The highest BCUT2D eigenvalue weighted by Gasteiger charge is 2.53. The van der Waals surface area contributed by atoms with Crippen LogP contribution in [0.2, 0.25) is 0 Å². The van der Waals surface area contributed by atoms with Gasteiger partial charge in [-0.15, -0.1) is 34.0 Å². The Balaban J connectivity index is 1.93. The normalized spacial score (nSPS) is 20.8. The minimum atomic E-state index is -0.101. The van der Waals surface area contributed by atoms with Crippen molar-refractivity contribution < 1.29 is 0 Å². The molecule has 0 saturated heterocycles. The summed E-state index contributed by atoms with van der Waals surface area (Å²) in [5, 5.41) is 2.29. The van der Waals surface area contributed by atoms with E-state index < -0.39 is 0 Å². The Labute approximate surface area is 173 Å². The molecule has 0 nitrogen and oxygen atoms in total. The van der Waals surface area contributed by atoms with Crippen LogP contribution < -0.4 is 0 Å². The zero-order chi connectivity index (χ0) is 19.1. The maximum absolute atomic E-state index is 2.51. The Hall–Kier alpha value is -1.42. The van der Waals surface area contributed by atoms with E-state index in [-0.39, 0.29) is 5.41 Å². The highest BCUT2D eigenvalue weighted by atomic mass is 32.1. The lowest BCUT2D eigenvalue weighted by atomic mass is 9.70. The van der Waals surface area contributed by atoms with Crippen molar-refractivity contribution in [2.75, 3.05) is 0 Å². The van der Waals surface area contributed by atoms with Crippen molar-refractivity contribution in [3.05, 3.63) is 72.1 Å². The lowest BCUT2D eigenvalue weighted by molar-refractivity contribution is 0.750. The number of aryl methyl sites for hydroxylation is 2. The maximum atomic E-state index is 2.51. The van der Waals surface area contributed by atoms with Crippen LogP contribution in [0.3, 0.4) is 0 Å². The van der Waals surface area contributed by atoms with Crippen molar-refractivity contribution in [1.29, 1.82) is 0 Å². The van der Waals surface area contributed by atoms with E-state index in [0.717, 1.165) is 0 Å². The summed E-state index contributed by atoms with van der Waals surface area (Å²) in [6.45, 7) is 13.7. The van der Waals surface area contributed by atoms with Gasteiger partial charge in [0.1, 0.15) is 0 Å². The lowest BCUT2D eigenvalue weighted by Crippen LogP contribution is -2.26. The van der Waals surface area contributed by atoms with E-state index in [4.69, 9.17) is 0 Å². The molecule has 1 unspecified atom stereocenters. The Morgan fingerprint density at radius 3 is 2.22 bits per heavy atom. The molecule has 0 fully saturated rings. The predicted molar refractivity (Wildman–Crippen MR) is 122 cm³/mol. The largest absolute Gasteiger partial charge is 0.143 e. The van der Waals surface area contributed by atoms with Crippen molar-refractivity contribution >= 4 is 39.6 Å². The van der Waals surface area contributed by atoms with E-state index in [2.05, 4.69) is 71.2 Å². The monoisotopic (exact) mass is 408 g/mol. The lowest BCUT2D eigenvalue weighted by Gasteiger charge is -2.30. The quantitative estimate of drug-likeness (QED) is 0.401. The molecule has 3 aromatic heterocycles. The molecule has 2 aliphatic carbocycles. The van der Waals surface area contributed by atoms with Crippen molar-refractivity contribution in [3.8, 4) is 9.75 Å². The van der Waals surface area contributed by atoms with Crippen LogP contribution in [0.5, 0.6) is 0 Å². The van der Waals surface area contributed by atoms with E-state index in [0.29, 0.717) is 5.92 Å². The average Bonchev–Trinajstić information content (AvgIpc) is 3.36. The Kier molecular flexibility index (Phi) is 3.79. The van der Waals surface area contributed by atoms with Gasteiger partial charge in [-0.25, -0.2) is 0 Å². The molecule has 5 rings (SSSR count). The van der Waals surface area contributed by atoms with E-state index in [1.165, 1.54) is 57.8 Å². The van der Waals surface area contributed by atoms with Crippen molar-refractivity contribution in [2.24, 2.45) is 5.92 Å². The van der Waals surface area contributed by atoms with Crippen LogP contribution in [0.1, 0.15) is 59.0 Å². The van der Waals surface area contributed by atoms with Gasteiger partial charge in [0, 0.05) is 24.4 Å². The van der Waals surface area contributed by atoms with Crippen LogP contribution in [0.15, 0.2) is 40.8 Å². The van der Waals surface area contributed by atoms with Gasteiger partial charge >= 0.3 is 0 Å². The summed E-state index contributed by atoms with van der Waals surface area (Å²) < 4.78 is 0. The van der Waals surface area contributed by atoms with Gasteiger partial charge in [-0.05, 0) is 85.0 Å². The van der Waals surface area contributed by atoms with E-state index >= 15 is 0 Å². The second-order valence-electron chi connectivity index (χ2n) is 8.19. The molecule has 0 bridgehead atoms. The van der Waals surface area contributed by atoms with E-state index in [1.54, 1.807) is 0 Å². The molecule has 0 amide bonds. The smallest absolute Gasteiger partial charge is 0.0747 e. The fraction of sp³-hybridized carbons (Fsp3) is 0.333. The molecule has 2 aliphatic rings.